The molecular weight excluding hydrogens is 384 g/mol. The molecule has 1 aliphatic heterocycles. The Balaban J connectivity index is 1.53. The summed E-state index contributed by atoms with van der Waals surface area (Å²) in [6.45, 7) is 3.51. The maximum Gasteiger partial charge on any atom is 0.247 e. The monoisotopic (exact) mass is 402 g/mol. The summed E-state index contributed by atoms with van der Waals surface area (Å²) >= 11 is 3.39. The number of allylic oxidation sites excluding steroid dienone is 2. The lowest BCUT2D eigenvalue weighted by Gasteiger charge is -2.24. The van der Waals surface area contributed by atoms with Crippen LogP contribution in [0.4, 0.5) is 5.69 Å². The molecule has 1 saturated carbocycles. The minimum atomic E-state index is -0.812. The third-order valence-corrected chi connectivity index (χ3v) is 6.21. The van der Waals surface area contributed by atoms with Crippen LogP contribution in [0.15, 0.2) is 34.8 Å². The van der Waals surface area contributed by atoms with Crippen LogP contribution in [-0.2, 0) is 14.4 Å². The molecule has 1 saturated heterocycles. The molecule has 0 radical (unpaired) electrons. The van der Waals surface area contributed by atoms with Crippen molar-refractivity contribution in [3.8, 4) is 0 Å². The SMILES string of the molecule is Cc1cc(Br)ccc1NC(=O)[C@H](C)N1C(=O)[C@@H]2[C@H](C1=O)[C@H]1C=C[C@H]2C1. The number of halogens is 1. The molecule has 4 rings (SSSR count). The Labute approximate surface area is 154 Å². The van der Waals surface area contributed by atoms with Crippen molar-refractivity contribution in [3.05, 3.63) is 40.4 Å². The second-order valence-corrected chi connectivity index (χ2v) is 8.09. The summed E-state index contributed by atoms with van der Waals surface area (Å²) in [4.78, 5) is 39.4. The van der Waals surface area contributed by atoms with E-state index in [1.807, 2.05) is 19.1 Å². The Hall–Kier alpha value is -1.95. The summed E-state index contributed by atoms with van der Waals surface area (Å²) in [5.41, 5.74) is 1.59. The van der Waals surface area contributed by atoms with E-state index in [0.29, 0.717) is 5.69 Å². The van der Waals surface area contributed by atoms with E-state index < -0.39 is 6.04 Å². The Bertz CT molecular complexity index is 789. The van der Waals surface area contributed by atoms with Gasteiger partial charge in [0.2, 0.25) is 17.7 Å². The lowest BCUT2D eigenvalue weighted by molar-refractivity contribution is -0.146. The number of amides is 3. The van der Waals surface area contributed by atoms with Gasteiger partial charge in [-0.1, -0.05) is 28.1 Å². The van der Waals surface area contributed by atoms with Crippen molar-refractivity contribution in [2.24, 2.45) is 23.7 Å². The van der Waals surface area contributed by atoms with Crippen molar-refractivity contribution in [2.45, 2.75) is 26.3 Å². The van der Waals surface area contributed by atoms with Gasteiger partial charge in [-0.2, -0.15) is 0 Å². The van der Waals surface area contributed by atoms with Gasteiger partial charge >= 0.3 is 0 Å². The highest BCUT2D eigenvalue weighted by atomic mass is 79.9. The van der Waals surface area contributed by atoms with Crippen LogP contribution in [0, 0.1) is 30.6 Å². The molecule has 1 aromatic carbocycles. The van der Waals surface area contributed by atoms with Gasteiger partial charge in [0, 0.05) is 10.2 Å². The highest BCUT2D eigenvalue weighted by Crippen LogP contribution is 2.52. The number of anilines is 1. The average molecular weight is 403 g/mol. The number of nitrogens with zero attached hydrogens (tertiary/aromatic N) is 1. The first-order valence-corrected chi connectivity index (χ1v) is 9.30. The van der Waals surface area contributed by atoms with Crippen LogP contribution in [0.2, 0.25) is 0 Å². The smallest absolute Gasteiger partial charge is 0.247 e. The number of hydrogen-bond acceptors (Lipinski definition) is 3. The molecule has 1 N–H and O–H groups in total. The second kappa shape index (κ2) is 5.80. The number of imide groups is 1. The van der Waals surface area contributed by atoms with Crippen LogP contribution in [0.1, 0.15) is 18.9 Å². The number of likely N-dealkylation sites (tertiary alicyclic amines) is 1. The number of benzene rings is 1. The Morgan fingerprint density at radius 1 is 1.20 bits per heavy atom. The van der Waals surface area contributed by atoms with Crippen LogP contribution in [-0.4, -0.2) is 28.7 Å². The largest absolute Gasteiger partial charge is 0.324 e. The average Bonchev–Trinajstić information content (AvgIpc) is 3.23. The molecule has 0 spiro atoms. The van der Waals surface area contributed by atoms with Crippen molar-refractivity contribution < 1.29 is 14.4 Å². The van der Waals surface area contributed by atoms with E-state index in [-0.39, 0.29) is 41.4 Å². The Kier molecular flexibility index (Phi) is 3.83. The van der Waals surface area contributed by atoms with E-state index in [1.165, 1.54) is 4.90 Å². The van der Waals surface area contributed by atoms with Crippen LogP contribution in [0.25, 0.3) is 0 Å². The normalized spacial score (nSPS) is 30.8. The van der Waals surface area contributed by atoms with E-state index in [1.54, 1.807) is 13.0 Å². The van der Waals surface area contributed by atoms with E-state index in [4.69, 9.17) is 0 Å². The van der Waals surface area contributed by atoms with Gasteiger partial charge in [0.15, 0.2) is 0 Å². The Morgan fingerprint density at radius 2 is 1.80 bits per heavy atom. The molecule has 2 bridgehead atoms. The topological polar surface area (TPSA) is 66.5 Å². The standard InChI is InChI=1S/C19H19BrN2O3/c1-9-7-13(20)5-6-14(9)21-17(23)10(2)22-18(24)15-11-3-4-12(8-11)16(15)19(22)25/h3-7,10-12,15-16H,8H2,1-2H3,(H,21,23)/t10-,11-,12-,15-,16+/m0/s1. The number of rotatable bonds is 3. The molecule has 2 fully saturated rings. The van der Waals surface area contributed by atoms with Crippen molar-refractivity contribution in [1.82, 2.24) is 4.90 Å². The molecule has 6 heteroatoms. The molecular formula is C19H19BrN2O3. The molecule has 1 heterocycles. The first-order valence-electron chi connectivity index (χ1n) is 8.50. The fourth-order valence-electron chi connectivity index (χ4n) is 4.43. The molecule has 3 amide bonds. The van der Waals surface area contributed by atoms with Crippen LogP contribution in [0.5, 0.6) is 0 Å². The molecule has 0 unspecified atom stereocenters. The van der Waals surface area contributed by atoms with Gasteiger partial charge in [-0.3, -0.25) is 19.3 Å². The summed E-state index contributed by atoms with van der Waals surface area (Å²) in [6.07, 6.45) is 4.99. The number of nitrogens with one attached hydrogen (secondary N) is 1. The number of hydrogen-bond donors (Lipinski definition) is 1. The predicted molar refractivity (Wildman–Crippen MR) is 96.5 cm³/mol. The number of carbonyl (C=O) groups is 3. The third kappa shape index (κ3) is 2.46. The van der Waals surface area contributed by atoms with Gasteiger partial charge in [-0.25, -0.2) is 0 Å². The molecule has 3 aliphatic rings. The third-order valence-electron chi connectivity index (χ3n) is 5.72. The maximum atomic E-state index is 12.8. The summed E-state index contributed by atoms with van der Waals surface area (Å²) in [5.74, 6) is -0.961. The molecule has 1 aromatic rings. The lowest BCUT2D eigenvalue weighted by Crippen LogP contribution is -2.46. The Morgan fingerprint density at radius 3 is 2.36 bits per heavy atom. The van der Waals surface area contributed by atoms with E-state index >= 15 is 0 Å². The zero-order chi connectivity index (χ0) is 17.9. The van der Waals surface area contributed by atoms with Gasteiger partial charge in [0.25, 0.3) is 0 Å². The van der Waals surface area contributed by atoms with Gasteiger partial charge in [-0.15, -0.1) is 0 Å². The van der Waals surface area contributed by atoms with Gasteiger partial charge in [-0.05, 0) is 55.9 Å². The quantitative estimate of drug-likeness (QED) is 0.624. The first-order chi connectivity index (χ1) is 11.9. The summed E-state index contributed by atoms with van der Waals surface area (Å²) in [5, 5.41) is 2.84. The summed E-state index contributed by atoms with van der Waals surface area (Å²) in [7, 11) is 0. The van der Waals surface area contributed by atoms with Crippen LogP contribution < -0.4 is 5.32 Å². The minimum absolute atomic E-state index is 0.153. The van der Waals surface area contributed by atoms with Crippen molar-refractivity contribution in [2.75, 3.05) is 5.32 Å². The van der Waals surface area contributed by atoms with Crippen LogP contribution in [0.3, 0.4) is 0 Å². The fourth-order valence-corrected chi connectivity index (χ4v) is 4.90. The number of fused-ring (bicyclic) bond motifs is 5. The molecule has 5 atom stereocenters. The van der Waals surface area contributed by atoms with E-state index in [2.05, 4.69) is 33.4 Å². The zero-order valence-electron chi connectivity index (χ0n) is 14.0. The van der Waals surface area contributed by atoms with Gasteiger partial charge < -0.3 is 5.32 Å². The zero-order valence-corrected chi connectivity index (χ0v) is 15.6. The van der Waals surface area contributed by atoms with Crippen molar-refractivity contribution in [3.63, 3.8) is 0 Å². The summed E-state index contributed by atoms with van der Waals surface area (Å²) in [6, 6.07) is 4.73. The number of carbonyl (C=O) groups excluding carboxylic acids is 3. The fraction of sp³-hybridized carbons (Fsp3) is 0.421. The molecule has 130 valence electrons. The lowest BCUT2D eigenvalue weighted by atomic mass is 9.85. The number of aryl methyl sites for hydroxylation is 1. The summed E-state index contributed by atoms with van der Waals surface area (Å²) < 4.78 is 0.928. The minimum Gasteiger partial charge on any atom is -0.324 e. The highest BCUT2D eigenvalue weighted by Gasteiger charge is 2.60. The van der Waals surface area contributed by atoms with Crippen molar-refractivity contribution in [1.29, 1.82) is 0 Å². The van der Waals surface area contributed by atoms with Crippen LogP contribution >= 0.6 is 15.9 Å². The molecule has 5 nitrogen and oxygen atoms in total. The van der Waals surface area contributed by atoms with E-state index in [9.17, 15) is 14.4 Å². The first kappa shape index (κ1) is 16.5. The van der Waals surface area contributed by atoms with Crippen molar-refractivity contribution >= 4 is 39.3 Å². The van der Waals surface area contributed by atoms with Gasteiger partial charge in [0.05, 0.1) is 11.8 Å². The maximum absolute atomic E-state index is 12.8. The molecule has 25 heavy (non-hydrogen) atoms. The molecule has 2 aliphatic carbocycles. The second-order valence-electron chi connectivity index (χ2n) is 7.17. The highest BCUT2D eigenvalue weighted by molar-refractivity contribution is 9.10. The molecule has 0 aromatic heterocycles. The van der Waals surface area contributed by atoms with Gasteiger partial charge in [0.1, 0.15) is 6.04 Å². The predicted octanol–water partition coefficient (Wildman–Crippen LogP) is 2.89. The van der Waals surface area contributed by atoms with E-state index in [0.717, 1.165) is 16.5 Å².